The Morgan fingerprint density at radius 1 is 1.37 bits per heavy atom. The summed E-state index contributed by atoms with van der Waals surface area (Å²) in [6.07, 6.45) is 5.57. The Hall–Kier alpha value is -1.13. The zero-order valence-corrected chi connectivity index (χ0v) is 12.2. The lowest BCUT2D eigenvalue weighted by Gasteiger charge is -2.28. The van der Waals surface area contributed by atoms with Crippen molar-refractivity contribution >= 4 is 0 Å². The highest BCUT2D eigenvalue weighted by molar-refractivity contribution is 5.41. The first-order chi connectivity index (χ1) is 9.06. The second-order valence-electron chi connectivity index (χ2n) is 5.55. The predicted octanol–water partition coefficient (Wildman–Crippen LogP) is 2.15. The van der Waals surface area contributed by atoms with Gasteiger partial charge in [-0.1, -0.05) is 0 Å². The summed E-state index contributed by atoms with van der Waals surface area (Å²) in [5.74, 6) is 0.929. The molecule has 0 aromatic carbocycles. The van der Waals surface area contributed by atoms with Crippen molar-refractivity contribution in [2.75, 3.05) is 20.3 Å². The molecule has 19 heavy (non-hydrogen) atoms. The highest BCUT2D eigenvalue weighted by Gasteiger charge is 2.28. The van der Waals surface area contributed by atoms with Crippen molar-refractivity contribution in [1.29, 1.82) is 0 Å². The zero-order chi connectivity index (χ0) is 13.9. The molecular formula is C15H24N2O2. The van der Waals surface area contributed by atoms with Crippen LogP contribution in [0.2, 0.25) is 0 Å². The first-order valence-electron chi connectivity index (χ1n) is 6.91. The van der Waals surface area contributed by atoms with E-state index in [1.807, 2.05) is 13.1 Å². The largest absolute Gasteiger partial charge is 0.496 e. The molecule has 1 aromatic heterocycles. The third-order valence-corrected chi connectivity index (χ3v) is 3.98. The molecule has 1 atom stereocenters. The van der Waals surface area contributed by atoms with E-state index in [1.54, 1.807) is 7.11 Å². The Kier molecular flexibility index (Phi) is 4.42. The van der Waals surface area contributed by atoms with Crippen molar-refractivity contribution in [1.82, 2.24) is 4.98 Å². The van der Waals surface area contributed by atoms with Crippen LogP contribution in [-0.4, -0.2) is 30.8 Å². The van der Waals surface area contributed by atoms with Crippen LogP contribution in [0.4, 0.5) is 0 Å². The van der Waals surface area contributed by atoms with E-state index in [2.05, 4.69) is 11.9 Å². The smallest absolute Gasteiger partial charge is 0.128 e. The first kappa shape index (κ1) is 14.3. The molecule has 106 valence electrons. The third-order valence-electron chi connectivity index (χ3n) is 3.98. The van der Waals surface area contributed by atoms with Crippen LogP contribution in [0.5, 0.6) is 5.75 Å². The zero-order valence-electron chi connectivity index (χ0n) is 12.2. The number of ether oxygens (including phenoxy) is 2. The number of nitrogens with two attached hydrogens (primary N) is 1. The first-order valence-corrected chi connectivity index (χ1v) is 6.91. The quantitative estimate of drug-likeness (QED) is 0.908. The van der Waals surface area contributed by atoms with Crippen LogP contribution in [0.15, 0.2) is 6.20 Å². The standard InChI is InChI=1S/C15H24N2O2/c1-11-10-17-13(12(2)14(11)18-3)9-15(16)5-4-7-19-8-6-15/h10H,4-9,16H2,1-3H3. The Bertz CT molecular complexity index is 438. The van der Waals surface area contributed by atoms with Crippen molar-refractivity contribution in [3.63, 3.8) is 0 Å². The van der Waals surface area contributed by atoms with Crippen LogP contribution in [0.3, 0.4) is 0 Å². The van der Waals surface area contributed by atoms with E-state index >= 15 is 0 Å². The monoisotopic (exact) mass is 264 g/mol. The lowest BCUT2D eigenvalue weighted by atomic mass is 9.85. The van der Waals surface area contributed by atoms with E-state index < -0.39 is 0 Å². The van der Waals surface area contributed by atoms with Crippen molar-refractivity contribution in [3.8, 4) is 5.75 Å². The van der Waals surface area contributed by atoms with Gasteiger partial charge < -0.3 is 15.2 Å². The number of aromatic nitrogens is 1. The lowest BCUT2D eigenvalue weighted by Crippen LogP contribution is -2.42. The Morgan fingerprint density at radius 2 is 2.16 bits per heavy atom. The minimum absolute atomic E-state index is 0.200. The van der Waals surface area contributed by atoms with Gasteiger partial charge >= 0.3 is 0 Å². The lowest BCUT2D eigenvalue weighted by molar-refractivity contribution is 0.139. The topological polar surface area (TPSA) is 57.4 Å². The van der Waals surface area contributed by atoms with E-state index in [0.29, 0.717) is 0 Å². The van der Waals surface area contributed by atoms with Gasteiger partial charge in [0, 0.05) is 48.2 Å². The Balaban J connectivity index is 2.22. The molecule has 1 saturated heterocycles. The molecule has 1 aliphatic heterocycles. The third kappa shape index (κ3) is 3.25. The van der Waals surface area contributed by atoms with Gasteiger partial charge in [-0.25, -0.2) is 0 Å². The molecule has 0 radical (unpaired) electrons. The van der Waals surface area contributed by atoms with Gasteiger partial charge in [0.25, 0.3) is 0 Å². The highest BCUT2D eigenvalue weighted by atomic mass is 16.5. The minimum Gasteiger partial charge on any atom is -0.496 e. The normalized spacial score (nSPS) is 24.0. The molecule has 0 saturated carbocycles. The van der Waals surface area contributed by atoms with Crippen LogP contribution in [0.1, 0.15) is 36.1 Å². The van der Waals surface area contributed by atoms with Gasteiger partial charge in [-0.05, 0) is 33.1 Å². The molecule has 1 unspecified atom stereocenters. The molecule has 2 heterocycles. The summed E-state index contributed by atoms with van der Waals surface area (Å²) >= 11 is 0. The summed E-state index contributed by atoms with van der Waals surface area (Å²) < 4.78 is 11.0. The van der Waals surface area contributed by atoms with Crippen LogP contribution in [0, 0.1) is 13.8 Å². The van der Waals surface area contributed by atoms with Gasteiger partial charge in [0.15, 0.2) is 0 Å². The van der Waals surface area contributed by atoms with Crippen molar-refractivity contribution in [3.05, 3.63) is 23.0 Å². The molecule has 0 bridgehead atoms. The Morgan fingerprint density at radius 3 is 2.89 bits per heavy atom. The molecular weight excluding hydrogens is 240 g/mol. The van der Waals surface area contributed by atoms with E-state index in [0.717, 1.165) is 61.5 Å². The van der Waals surface area contributed by atoms with E-state index in [4.69, 9.17) is 15.2 Å². The molecule has 2 rings (SSSR count). The van der Waals surface area contributed by atoms with Crippen LogP contribution in [-0.2, 0) is 11.2 Å². The van der Waals surface area contributed by atoms with Crippen molar-refractivity contribution in [2.24, 2.45) is 5.73 Å². The maximum Gasteiger partial charge on any atom is 0.128 e. The minimum atomic E-state index is -0.200. The molecule has 1 aromatic rings. The molecule has 4 heteroatoms. The van der Waals surface area contributed by atoms with Crippen LogP contribution < -0.4 is 10.5 Å². The predicted molar refractivity (Wildman–Crippen MR) is 75.6 cm³/mol. The van der Waals surface area contributed by atoms with Gasteiger partial charge in [-0.15, -0.1) is 0 Å². The SMILES string of the molecule is COc1c(C)cnc(CC2(N)CCCOCC2)c1C. The fraction of sp³-hybridized carbons (Fsp3) is 0.667. The second kappa shape index (κ2) is 5.88. The van der Waals surface area contributed by atoms with Crippen LogP contribution >= 0.6 is 0 Å². The maximum absolute atomic E-state index is 6.53. The number of methoxy groups -OCH3 is 1. The average Bonchev–Trinajstić information content (AvgIpc) is 2.59. The molecule has 4 nitrogen and oxygen atoms in total. The molecule has 1 aliphatic rings. The van der Waals surface area contributed by atoms with Gasteiger partial charge in [-0.3, -0.25) is 4.98 Å². The van der Waals surface area contributed by atoms with Gasteiger partial charge in [0.2, 0.25) is 0 Å². The number of nitrogens with zero attached hydrogens (tertiary/aromatic N) is 1. The van der Waals surface area contributed by atoms with Gasteiger partial charge in [0.1, 0.15) is 5.75 Å². The van der Waals surface area contributed by atoms with Crippen molar-refractivity contribution in [2.45, 2.75) is 45.1 Å². The maximum atomic E-state index is 6.53. The highest BCUT2D eigenvalue weighted by Crippen LogP contribution is 2.29. The summed E-state index contributed by atoms with van der Waals surface area (Å²) in [5, 5.41) is 0. The van der Waals surface area contributed by atoms with E-state index in [-0.39, 0.29) is 5.54 Å². The fourth-order valence-electron chi connectivity index (χ4n) is 2.79. The molecule has 2 N–H and O–H groups in total. The van der Waals surface area contributed by atoms with Crippen molar-refractivity contribution < 1.29 is 9.47 Å². The average molecular weight is 264 g/mol. The summed E-state index contributed by atoms with van der Waals surface area (Å²) in [7, 11) is 1.71. The summed E-state index contributed by atoms with van der Waals surface area (Å²) in [4.78, 5) is 4.56. The van der Waals surface area contributed by atoms with Gasteiger partial charge in [-0.2, -0.15) is 0 Å². The number of pyridine rings is 1. The molecule has 0 spiro atoms. The summed E-state index contributed by atoms with van der Waals surface area (Å²) in [6.45, 7) is 5.65. The molecule has 0 aliphatic carbocycles. The second-order valence-corrected chi connectivity index (χ2v) is 5.55. The van der Waals surface area contributed by atoms with E-state index in [1.165, 1.54) is 0 Å². The molecule has 0 amide bonds. The number of rotatable bonds is 3. The summed E-state index contributed by atoms with van der Waals surface area (Å²) in [5.41, 5.74) is 9.55. The Labute approximate surface area is 115 Å². The fourth-order valence-corrected chi connectivity index (χ4v) is 2.79. The number of aryl methyl sites for hydroxylation is 1. The number of hydrogen-bond donors (Lipinski definition) is 1. The molecule has 1 fully saturated rings. The number of hydrogen-bond acceptors (Lipinski definition) is 4. The summed E-state index contributed by atoms with van der Waals surface area (Å²) in [6, 6.07) is 0. The van der Waals surface area contributed by atoms with Crippen LogP contribution in [0.25, 0.3) is 0 Å². The van der Waals surface area contributed by atoms with Gasteiger partial charge in [0.05, 0.1) is 7.11 Å². The van der Waals surface area contributed by atoms with E-state index in [9.17, 15) is 0 Å².